The number of benzene rings is 1. The molecule has 0 unspecified atom stereocenters. The number of amides is 1. The molecule has 2 rings (SSSR count). The normalized spacial score (nSPS) is 10.4. The first-order valence-corrected chi connectivity index (χ1v) is 6.29. The Hall–Kier alpha value is -2.70. The molecule has 21 heavy (non-hydrogen) atoms. The molecular formula is C14H14FN3O3. The molecule has 0 aliphatic carbocycles. The van der Waals surface area contributed by atoms with Gasteiger partial charge in [-0.3, -0.25) is 9.48 Å². The molecule has 7 heteroatoms. The average molecular weight is 291 g/mol. The van der Waals surface area contributed by atoms with E-state index in [-0.39, 0.29) is 11.3 Å². The maximum Gasteiger partial charge on any atom is 0.337 e. The van der Waals surface area contributed by atoms with Crippen LogP contribution in [0.1, 0.15) is 33.3 Å². The van der Waals surface area contributed by atoms with E-state index >= 15 is 0 Å². The lowest BCUT2D eigenvalue weighted by molar-refractivity contribution is 0.0697. The van der Waals surface area contributed by atoms with Crippen LogP contribution in [0.4, 0.5) is 10.1 Å². The van der Waals surface area contributed by atoms with Crippen molar-refractivity contribution >= 4 is 17.6 Å². The number of aryl methyl sites for hydroxylation is 2. The molecule has 0 aliphatic rings. The summed E-state index contributed by atoms with van der Waals surface area (Å²) in [5, 5.41) is 15.5. The number of carboxylic acid groups (broad SMARTS) is 1. The SMILES string of the molecule is CCc1nn(C)cc1C(=O)Nc1c(F)cccc1C(=O)O. The van der Waals surface area contributed by atoms with E-state index in [1.807, 2.05) is 6.92 Å². The Morgan fingerprint density at radius 2 is 2.10 bits per heavy atom. The molecule has 1 aromatic heterocycles. The number of anilines is 1. The number of aromatic nitrogens is 2. The van der Waals surface area contributed by atoms with Crippen LogP contribution >= 0.6 is 0 Å². The van der Waals surface area contributed by atoms with E-state index in [2.05, 4.69) is 10.4 Å². The summed E-state index contributed by atoms with van der Waals surface area (Å²) in [6, 6.07) is 3.59. The Morgan fingerprint density at radius 3 is 2.71 bits per heavy atom. The Labute approximate surface area is 120 Å². The van der Waals surface area contributed by atoms with Crippen molar-refractivity contribution in [2.75, 3.05) is 5.32 Å². The van der Waals surface area contributed by atoms with Crippen LogP contribution in [0, 0.1) is 5.82 Å². The fourth-order valence-electron chi connectivity index (χ4n) is 2.00. The third-order valence-electron chi connectivity index (χ3n) is 2.97. The highest BCUT2D eigenvalue weighted by Gasteiger charge is 2.20. The molecule has 0 fully saturated rings. The summed E-state index contributed by atoms with van der Waals surface area (Å²) in [7, 11) is 1.67. The summed E-state index contributed by atoms with van der Waals surface area (Å²) in [5.74, 6) is -2.70. The van der Waals surface area contributed by atoms with Crippen molar-refractivity contribution in [3.05, 3.63) is 47.0 Å². The van der Waals surface area contributed by atoms with Crippen LogP contribution in [0.3, 0.4) is 0 Å². The van der Waals surface area contributed by atoms with Gasteiger partial charge in [-0.25, -0.2) is 9.18 Å². The maximum atomic E-state index is 13.8. The zero-order valence-corrected chi connectivity index (χ0v) is 11.6. The van der Waals surface area contributed by atoms with Gasteiger partial charge in [0.15, 0.2) is 0 Å². The van der Waals surface area contributed by atoms with Crippen LogP contribution in [-0.2, 0) is 13.5 Å². The highest BCUT2D eigenvalue weighted by molar-refractivity contribution is 6.08. The van der Waals surface area contributed by atoms with Crippen molar-refractivity contribution in [1.29, 1.82) is 0 Å². The van der Waals surface area contributed by atoms with Crippen molar-refractivity contribution in [1.82, 2.24) is 9.78 Å². The van der Waals surface area contributed by atoms with Gasteiger partial charge in [-0.05, 0) is 18.6 Å². The number of nitrogens with one attached hydrogen (secondary N) is 1. The summed E-state index contributed by atoms with van der Waals surface area (Å²) < 4.78 is 15.3. The molecule has 0 saturated carbocycles. The topological polar surface area (TPSA) is 84.2 Å². The van der Waals surface area contributed by atoms with Gasteiger partial charge in [0.05, 0.1) is 22.5 Å². The molecule has 1 amide bonds. The third kappa shape index (κ3) is 2.91. The monoisotopic (exact) mass is 291 g/mol. The average Bonchev–Trinajstić information content (AvgIpc) is 2.82. The minimum absolute atomic E-state index is 0.291. The second kappa shape index (κ2) is 5.74. The lowest BCUT2D eigenvalue weighted by atomic mass is 10.1. The second-order valence-corrected chi connectivity index (χ2v) is 4.44. The van der Waals surface area contributed by atoms with Crippen molar-refractivity contribution in [3.63, 3.8) is 0 Å². The molecule has 0 radical (unpaired) electrons. The predicted octanol–water partition coefficient (Wildman–Crippen LogP) is 2.07. The lowest BCUT2D eigenvalue weighted by Crippen LogP contribution is -2.17. The van der Waals surface area contributed by atoms with E-state index in [0.717, 1.165) is 6.07 Å². The molecule has 2 N–H and O–H groups in total. The molecule has 0 aliphatic heterocycles. The van der Waals surface area contributed by atoms with Crippen molar-refractivity contribution in [2.45, 2.75) is 13.3 Å². The number of nitrogens with zero attached hydrogens (tertiary/aromatic N) is 2. The van der Waals surface area contributed by atoms with Crippen LogP contribution < -0.4 is 5.32 Å². The number of carbonyl (C=O) groups is 2. The molecule has 1 aromatic carbocycles. The number of halogens is 1. The zero-order valence-electron chi connectivity index (χ0n) is 11.6. The van der Waals surface area contributed by atoms with Crippen LogP contribution in [0.2, 0.25) is 0 Å². The Bertz CT molecular complexity index is 709. The quantitative estimate of drug-likeness (QED) is 0.903. The van der Waals surface area contributed by atoms with Crippen molar-refractivity contribution < 1.29 is 19.1 Å². The Kier molecular flexibility index (Phi) is 4.02. The van der Waals surface area contributed by atoms with Gasteiger partial charge in [0, 0.05) is 13.2 Å². The van der Waals surface area contributed by atoms with E-state index in [1.165, 1.54) is 23.0 Å². The van der Waals surface area contributed by atoms with E-state index in [9.17, 15) is 14.0 Å². The number of para-hydroxylation sites is 1. The van der Waals surface area contributed by atoms with Gasteiger partial charge >= 0.3 is 5.97 Å². The van der Waals surface area contributed by atoms with Crippen LogP contribution in [0.15, 0.2) is 24.4 Å². The summed E-state index contributed by atoms with van der Waals surface area (Å²) >= 11 is 0. The number of hydrogen-bond donors (Lipinski definition) is 2. The summed E-state index contributed by atoms with van der Waals surface area (Å²) in [6.07, 6.45) is 2.04. The van der Waals surface area contributed by atoms with E-state index in [4.69, 9.17) is 5.11 Å². The number of hydrogen-bond acceptors (Lipinski definition) is 3. The molecule has 110 valence electrons. The third-order valence-corrected chi connectivity index (χ3v) is 2.97. The molecule has 1 heterocycles. The summed E-state index contributed by atoms with van der Waals surface area (Å²) in [4.78, 5) is 23.3. The second-order valence-electron chi connectivity index (χ2n) is 4.44. The largest absolute Gasteiger partial charge is 0.478 e. The predicted molar refractivity (Wildman–Crippen MR) is 73.9 cm³/mol. The van der Waals surface area contributed by atoms with Gasteiger partial charge in [-0.2, -0.15) is 5.10 Å². The molecular weight excluding hydrogens is 277 g/mol. The molecule has 0 atom stereocenters. The minimum Gasteiger partial charge on any atom is -0.478 e. The number of rotatable bonds is 4. The van der Waals surface area contributed by atoms with E-state index in [1.54, 1.807) is 7.05 Å². The summed E-state index contributed by atoms with van der Waals surface area (Å²) in [6.45, 7) is 1.84. The van der Waals surface area contributed by atoms with Crippen LogP contribution in [-0.4, -0.2) is 26.8 Å². The smallest absolute Gasteiger partial charge is 0.337 e. The number of carbonyl (C=O) groups excluding carboxylic acids is 1. The molecule has 2 aromatic rings. The van der Waals surface area contributed by atoms with Gasteiger partial charge in [0.25, 0.3) is 5.91 Å². The van der Waals surface area contributed by atoms with Crippen molar-refractivity contribution in [2.24, 2.45) is 7.05 Å². The first-order valence-electron chi connectivity index (χ1n) is 6.29. The van der Waals surface area contributed by atoms with Crippen LogP contribution in [0.5, 0.6) is 0 Å². The highest BCUT2D eigenvalue weighted by atomic mass is 19.1. The molecule has 0 saturated heterocycles. The summed E-state index contributed by atoms with van der Waals surface area (Å²) in [5.41, 5.74) is 0.203. The van der Waals surface area contributed by atoms with Gasteiger partial charge in [-0.1, -0.05) is 13.0 Å². The van der Waals surface area contributed by atoms with Gasteiger partial charge in [0.1, 0.15) is 5.82 Å². The fraction of sp³-hybridized carbons (Fsp3) is 0.214. The highest BCUT2D eigenvalue weighted by Crippen LogP contribution is 2.21. The Morgan fingerprint density at radius 1 is 1.38 bits per heavy atom. The lowest BCUT2D eigenvalue weighted by Gasteiger charge is -2.09. The zero-order chi connectivity index (χ0) is 15.6. The first kappa shape index (κ1) is 14.7. The number of aromatic carboxylic acids is 1. The Balaban J connectivity index is 2.38. The van der Waals surface area contributed by atoms with Gasteiger partial charge < -0.3 is 10.4 Å². The molecule has 6 nitrogen and oxygen atoms in total. The fourth-order valence-corrected chi connectivity index (χ4v) is 2.00. The maximum absolute atomic E-state index is 13.8. The first-order chi connectivity index (χ1) is 9.93. The minimum atomic E-state index is -1.31. The van der Waals surface area contributed by atoms with Gasteiger partial charge in [-0.15, -0.1) is 0 Å². The van der Waals surface area contributed by atoms with Crippen LogP contribution in [0.25, 0.3) is 0 Å². The van der Waals surface area contributed by atoms with E-state index in [0.29, 0.717) is 17.7 Å². The van der Waals surface area contributed by atoms with Crippen molar-refractivity contribution in [3.8, 4) is 0 Å². The molecule has 0 bridgehead atoms. The standard InChI is InChI=1S/C14H14FN3O3/c1-3-11-9(7-18(2)17-11)13(19)16-12-8(14(20)21)5-4-6-10(12)15/h4-7H,3H2,1-2H3,(H,16,19)(H,20,21). The van der Waals surface area contributed by atoms with Gasteiger partial charge in [0.2, 0.25) is 0 Å². The number of carboxylic acids is 1. The molecule has 0 spiro atoms. The van der Waals surface area contributed by atoms with E-state index < -0.39 is 17.7 Å².